The molecule has 0 saturated carbocycles. The van der Waals surface area contributed by atoms with Crippen LogP contribution in [0.2, 0.25) is 5.02 Å². The van der Waals surface area contributed by atoms with Gasteiger partial charge in [-0.05, 0) is 42.0 Å². The molecule has 0 aliphatic rings. The first-order valence-electron chi connectivity index (χ1n) is 11.5. The Morgan fingerprint density at radius 1 is 0.973 bits per heavy atom. The van der Waals surface area contributed by atoms with Gasteiger partial charge in [-0.1, -0.05) is 71.9 Å². The Hall–Kier alpha value is -3.82. The molecule has 8 nitrogen and oxygen atoms in total. The van der Waals surface area contributed by atoms with Crippen LogP contribution in [-0.2, 0) is 27.4 Å². The smallest absolute Gasteiger partial charge is 0.328 e. The number of methoxy groups -OCH3 is 1. The molecule has 37 heavy (non-hydrogen) atoms. The number of aromatic nitrogens is 3. The highest BCUT2D eigenvalue weighted by atomic mass is 35.5. The third-order valence-electron chi connectivity index (χ3n) is 5.33. The lowest BCUT2D eigenvalue weighted by Gasteiger charge is -2.16. The zero-order valence-electron chi connectivity index (χ0n) is 20.0. The van der Waals surface area contributed by atoms with Crippen molar-refractivity contribution in [2.45, 2.75) is 24.2 Å². The predicted octanol–water partition coefficient (Wildman–Crippen LogP) is 4.49. The summed E-state index contributed by atoms with van der Waals surface area (Å²) in [6.45, 7) is 0.164. The van der Waals surface area contributed by atoms with Crippen molar-refractivity contribution in [2.24, 2.45) is 0 Å². The number of carbonyl (C=O) groups is 2. The molecule has 1 aromatic heterocycles. The molecular formula is C27H25ClN4O4S. The Morgan fingerprint density at radius 2 is 1.65 bits per heavy atom. The third-order valence-corrected chi connectivity index (χ3v) is 6.51. The maximum Gasteiger partial charge on any atom is 0.328 e. The summed E-state index contributed by atoms with van der Waals surface area (Å²) in [5, 5.41) is 12.5. The summed E-state index contributed by atoms with van der Waals surface area (Å²) in [6, 6.07) is 25.3. The van der Waals surface area contributed by atoms with Crippen molar-refractivity contribution in [3.05, 3.63) is 101 Å². The third kappa shape index (κ3) is 7.34. The molecule has 0 bridgehead atoms. The van der Waals surface area contributed by atoms with Crippen LogP contribution in [0, 0.1) is 0 Å². The second kappa shape index (κ2) is 12.9. The van der Waals surface area contributed by atoms with Gasteiger partial charge < -0.3 is 14.8 Å². The number of carbonyl (C=O) groups excluding carboxylic acids is 2. The van der Waals surface area contributed by atoms with Crippen molar-refractivity contribution in [1.29, 1.82) is 0 Å². The SMILES string of the molecule is COC(=O)C(Cc1ccccc1)NC(=O)CSc1nnc(COc2ccc(Cl)cc2)n1-c1ccccc1. The fraction of sp³-hybridized carbons (Fsp3) is 0.185. The summed E-state index contributed by atoms with van der Waals surface area (Å²) in [4.78, 5) is 25.1. The Bertz CT molecular complexity index is 1320. The van der Waals surface area contributed by atoms with E-state index >= 15 is 0 Å². The number of hydrogen-bond donors (Lipinski definition) is 1. The van der Waals surface area contributed by atoms with E-state index in [0.29, 0.717) is 28.2 Å². The second-order valence-corrected chi connectivity index (χ2v) is 9.31. The van der Waals surface area contributed by atoms with Crippen molar-refractivity contribution in [3.63, 3.8) is 0 Å². The molecule has 1 amide bonds. The summed E-state index contributed by atoms with van der Waals surface area (Å²) in [6.07, 6.45) is 0.330. The minimum atomic E-state index is -0.796. The van der Waals surface area contributed by atoms with Crippen molar-refractivity contribution < 1.29 is 19.1 Å². The first-order valence-corrected chi connectivity index (χ1v) is 12.8. The number of benzene rings is 3. The zero-order chi connectivity index (χ0) is 26.0. The Balaban J connectivity index is 1.45. The van der Waals surface area contributed by atoms with Gasteiger partial charge in [0.25, 0.3) is 0 Å². The highest BCUT2D eigenvalue weighted by Gasteiger charge is 2.23. The molecule has 1 heterocycles. The Morgan fingerprint density at radius 3 is 2.32 bits per heavy atom. The lowest BCUT2D eigenvalue weighted by Crippen LogP contribution is -2.43. The molecule has 0 aliphatic carbocycles. The molecule has 0 fully saturated rings. The van der Waals surface area contributed by atoms with Gasteiger partial charge in [-0.2, -0.15) is 0 Å². The molecule has 1 atom stereocenters. The largest absolute Gasteiger partial charge is 0.486 e. The molecule has 4 rings (SSSR count). The summed E-state index contributed by atoms with van der Waals surface area (Å²) in [5.74, 6) is 0.424. The minimum absolute atomic E-state index is 0.0330. The summed E-state index contributed by atoms with van der Waals surface area (Å²) >= 11 is 7.17. The first kappa shape index (κ1) is 26.2. The van der Waals surface area contributed by atoms with Crippen LogP contribution in [0.1, 0.15) is 11.4 Å². The molecule has 4 aromatic rings. The Kier molecular flexibility index (Phi) is 9.18. The number of ether oxygens (including phenoxy) is 2. The van der Waals surface area contributed by atoms with Crippen molar-refractivity contribution in [1.82, 2.24) is 20.1 Å². The number of nitrogens with one attached hydrogen (secondary N) is 1. The highest BCUT2D eigenvalue weighted by molar-refractivity contribution is 7.99. The number of esters is 1. The molecule has 3 aromatic carbocycles. The molecule has 0 saturated heterocycles. The van der Waals surface area contributed by atoms with Gasteiger partial charge >= 0.3 is 5.97 Å². The van der Waals surface area contributed by atoms with Gasteiger partial charge in [0.05, 0.1) is 12.9 Å². The van der Waals surface area contributed by atoms with Crippen LogP contribution in [0.4, 0.5) is 0 Å². The van der Waals surface area contributed by atoms with Crippen molar-refractivity contribution in [2.75, 3.05) is 12.9 Å². The van der Waals surface area contributed by atoms with Crippen LogP contribution in [0.15, 0.2) is 90.1 Å². The van der Waals surface area contributed by atoms with Crippen LogP contribution in [0.25, 0.3) is 5.69 Å². The first-order chi connectivity index (χ1) is 18.0. The average molecular weight is 537 g/mol. The van der Waals surface area contributed by atoms with Crippen LogP contribution in [0.3, 0.4) is 0 Å². The average Bonchev–Trinajstić information content (AvgIpc) is 3.34. The maximum atomic E-state index is 12.8. The van der Waals surface area contributed by atoms with E-state index in [0.717, 1.165) is 11.3 Å². The molecule has 0 spiro atoms. The van der Waals surface area contributed by atoms with E-state index in [1.807, 2.05) is 65.2 Å². The van der Waals surface area contributed by atoms with Gasteiger partial charge in [0, 0.05) is 17.1 Å². The monoisotopic (exact) mass is 536 g/mol. The van der Waals surface area contributed by atoms with E-state index in [2.05, 4.69) is 15.5 Å². The zero-order valence-corrected chi connectivity index (χ0v) is 21.6. The number of hydrogen-bond acceptors (Lipinski definition) is 7. The number of para-hydroxylation sites is 1. The van der Waals surface area contributed by atoms with Gasteiger partial charge in [0.1, 0.15) is 18.4 Å². The van der Waals surface area contributed by atoms with Gasteiger partial charge in [-0.3, -0.25) is 9.36 Å². The lowest BCUT2D eigenvalue weighted by molar-refractivity contribution is -0.144. The van der Waals surface area contributed by atoms with Gasteiger partial charge in [0.15, 0.2) is 11.0 Å². The summed E-state index contributed by atoms with van der Waals surface area (Å²) < 4.78 is 12.6. The van der Waals surface area contributed by atoms with Gasteiger partial charge in [-0.15, -0.1) is 10.2 Å². The molecule has 1 N–H and O–H groups in total. The topological polar surface area (TPSA) is 95.3 Å². The predicted molar refractivity (Wildman–Crippen MR) is 142 cm³/mol. The molecule has 10 heteroatoms. The summed E-state index contributed by atoms with van der Waals surface area (Å²) in [5.41, 5.74) is 1.75. The van der Waals surface area contributed by atoms with Crippen LogP contribution >= 0.6 is 23.4 Å². The van der Waals surface area contributed by atoms with E-state index in [-0.39, 0.29) is 18.3 Å². The van der Waals surface area contributed by atoms with Crippen LogP contribution in [-0.4, -0.2) is 45.5 Å². The number of nitrogens with zero attached hydrogens (tertiary/aromatic N) is 3. The quantitative estimate of drug-likeness (QED) is 0.223. The number of thioether (sulfide) groups is 1. The normalized spacial score (nSPS) is 11.5. The second-order valence-electron chi connectivity index (χ2n) is 7.93. The van der Waals surface area contributed by atoms with Crippen molar-refractivity contribution in [3.8, 4) is 11.4 Å². The van der Waals surface area contributed by atoms with Crippen molar-refractivity contribution >= 4 is 35.2 Å². The fourth-order valence-electron chi connectivity index (χ4n) is 3.55. The summed E-state index contributed by atoms with van der Waals surface area (Å²) in [7, 11) is 1.30. The fourth-order valence-corrected chi connectivity index (χ4v) is 4.46. The number of rotatable bonds is 11. The maximum absolute atomic E-state index is 12.8. The number of amides is 1. The Labute approximate surface area is 224 Å². The number of halogens is 1. The van der Waals surface area contributed by atoms with Crippen LogP contribution in [0.5, 0.6) is 5.75 Å². The lowest BCUT2D eigenvalue weighted by atomic mass is 10.1. The molecular weight excluding hydrogens is 512 g/mol. The molecule has 190 valence electrons. The van der Waals surface area contributed by atoms with E-state index in [9.17, 15) is 9.59 Å². The molecule has 0 aliphatic heterocycles. The molecule has 0 radical (unpaired) electrons. The van der Waals surface area contributed by atoms with E-state index in [4.69, 9.17) is 21.1 Å². The highest BCUT2D eigenvalue weighted by Crippen LogP contribution is 2.23. The molecule has 1 unspecified atom stereocenters. The van der Waals surface area contributed by atoms with Crippen LogP contribution < -0.4 is 10.1 Å². The van der Waals surface area contributed by atoms with E-state index in [1.165, 1.54) is 18.9 Å². The standard InChI is InChI=1S/C27H25ClN4O4S/c1-35-26(34)23(16-19-8-4-2-5-9-19)29-25(33)18-37-27-31-30-24(32(27)21-10-6-3-7-11-21)17-36-22-14-12-20(28)13-15-22/h2-15,23H,16-18H2,1H3,(H,29,33). The van der Waals surface area contributed by atoms with E-state index in [1.54, 1.807) is 24.3 Å². The van der Waals surface area contributed by atoms with Gasteiger partial charge in [-0.25, -0.2) is 4.79 Å². The van der Waals surface area contributed by atoms with Gasteiger partial charge in [0.2, 0.25) is 5.91 Å². The minimum Gasteiger partial charge on any atom is -0.486 e. The van der Waals surface area contributed by atoms with E-state index < -0.39 is 12.0 Å².